The highest BCUT2D eigenvalue weighted by Gasteiger charge is 2.44. The van der Waals surface area contributed by atoms with E-state index in [9.17, 15) is 9.59 Å². The normalized spacial score (nSPS) is 19.2. The zero-order chi connectivity index (χ0) is 19.4. The van der Waals surface area contributed by atoms with E-state index in [0.717, 1.165) is 22.5 Å². The molecular weight excluding hydrogens is 360 g/mol. The minimum Gasteiger partial charge on any atom is -0.343 e. The summed E-state index contributed by atoms with van der Waals surface area (Å²) in [6, 6.07) is 11.4. The predicted octanol–water partition coefficient (Wildman–Crippen LogP) is 4.41. The second-order valence-corrected chi connectivity index (χ2v) is 6.75. The van der Waals surface area contributed by atoms with Crippen molar-refractivity contribution in [1.82, 2.24) is 0 Å². The third-order valence-corrected chi connectivity index (χ3v) is 5.04. The molecule has 0 aromatic heterocycles. The predicted molar refractivity (Wildman–Crippen MR) is 110 cm³/mol. The number of carbonyl (C=O) groups is 2. The maximum absolute atomic E-state index is 13.3. The van der Waals surface area contributed by atoms with Gasteiger partial charge < -0.3 is 9.47 Å². The van der Waals surface area contributed by atoms with E-state index in [-0.39, 0.29) is 17.5 Å². The summed E-state index contributed by atoms with van der Waals surface area (Å²) in [6.45, 7) is 3.75. The van der Waals surface area contributed by atoms with Crippen LogP contribution in [0.25, 0.3) is 16.3 Å². The maximum Gasteiger partial charge on any atom is 0.255 e. The lowest BCUT2D eigenvalue weighted by Gasteiger charge is -2.32. The number of allylic oxidation sites excluding steroid dienone is 2. The van der Waals surface area contributed by atoms with Crippen LogP contribution in [-0.2, 0) is 14.3 Å². The highest BCUT2D eigenvalue weighted by atomic mass is 32.2. The molecule has 27 heavy (non-hydrogen) atoms. The fourth-order valence-corrected chi connectivity index (χ4v) is 3.48. The molecule has 0 radical (unpaired) electrons. The smallest absolute Gasteiger partial charge is 0.255 e. The summed E-state index contributed by atoms with van der Waals surface area (Å²) in [5.74, 6) is -1.96. The molecule has 0 bridgehead atoms. The summed E-state index contributed by atoms with van der Waals surface area (Å²) in [4.78, 5) is 25.9. The molecule has 138 valence electrons. The summed E-state index contributed by atoms with van der Waals surface area (Å²) in [5.41, 5.74) is 1.44. The molecule has 0 heterocycles. The van der Waals surface area contributed by atoms with Crippen molar-refractivity contribution in [2.24, 2.45) is 0 Å². The molecule has 1 aliphatic rings. The van der Waals surface area contributed by atoms with Gasteiger partial charge in [0.1, 0.15) is 0 Å². The van der Waals surface area contributed by atoms with E-state index in [1.54, 1.807) is 30.6 Å². The Morgan fingerprint density at radius 2 is 1.89 bits per heavy atom. The van der Waals surface area contributed by atoms with Crippen molar-refractivity contribution < 1.29 is 19.1 Å². The Labute approximate surface area is 162 Å². The number of hydrogen-bond donors (Lipinski definition) is 0. The highest BCUT2D eigenvalue weighted by Crippen LogP contribution is 2.38. The number of Topliss-reactive ketones (excluding diaryl/α,β-unsaturated/α-hetero) is 1. The zero-order valence-corrected chi connectivity index (χ0v) is 16.0. The monoisotopic (exact) mass is 380 g/mol. The fraction of sp³-hybridized carbons (Fsp3) is 0.182. The van der Waals surface area contributed by atoms with E-state index in [1.165, 1.54) is 13.2 Å². The van der Waals surface area contributed by atoms with E-state index in [0.29, 0.717) is 16.7 Å². The largest absolute Gasteiger partial charge is 0.343 e. The lowest BCUT2D eigenvalue weighted by molar-refractivity contribution is -0.146. The lowest BCUT2D eigenvalue weighted by Crippen LogP contribution is -2.45. The SMILES string of the molecule is C=C/C=C/COC1(OC)C=C(C(=O)SC)c2cc3ccccc3cc2C1=O. The zero-order valence-electron chi connectivity index (χ0n) is 15.2. The number of thioether (sulfide) groups is 1. The minimum atomic E-state index is -1.64. The first-order valence-electron chi connectivity index (χ1n) is 8.42. The van der Waals surface area contributed by atoms with Gasteiger partial charge in [0.25, 0.3) is 5.79 Å². The Morgan fingerprint density at radius 3 is 2.48 bits per heavy atom. The number of hydrogen-bond acceptors (Lipinski definition) is 5. The third kappa shape index (κ3) is 3.54. The van der Waals surface area contributed by atoms with E-state index in [1.807, 2.05) is 30.3 Å². The topological polar surface area (TPSA) is 52.6 Å². The van der Waals surface area contributed by atoms with Crippen LogP contribution in [0.4, 0.5) is 0 Å². The number of ketones is 1. The van der Waals surface area contributed by atoms with Crippen LogP contribution in [0.3, 0.4) is 0 Å². The molecule has 1 atom stereocenters. The van der Waals surface area contributed by atoms with Crippen molar-refractivity contribution in [3.63, 3.8) is 0 Å². The van der Waals surface area contributed by atoms with E-state index in [2.05, 4.69) is 6.58 Å². The molecule has 0 fully saturated rings. The van der Waals surface area contributed by atoms with Gasteiger partial charge in [0.2, 0.25) is 10.9 Å². The summed E-state index contributed by atoms with van der Waals surface area (Å²) < 4.78 is 11.3. The van der Waals surface area contributed by atoms with Gasteiger partial charge in [-0.2, -0.15) is 0 Å². The van der Waals surface area contributed by atoms with Crippen LogP contribution in [-0.4, -0.2) is 36.7 Å². The molecular formula is C22H20O4S. The Balaban J connectivity index is 2.18. The van der Waals surface area contributed by atoms with Crippen LogP contribution in [0.5, 0.6) is 0 Å². The number of carbonyl (C=O) groups excluding carboxylic acids is 2. The molecule has 2 aromatic rings. The molecule has 2 aromatic carbocycles. The number of ether oxygens (including phenoxy) is 2. The standard InChI is InChI=1S/C22H20O4S/c1-4-5-8-11-26-22(25-2)14-19(21(24)27-3)17-12-15-9-6-7-10-16(15)13-18(17)20(22)23/h4-10,12-14H,1,11H2,2-3H3/b8-5+. The fourth-order valence-electron chi connectivity index (χ4n) is 3.09. The molecule has 0 saturated carbocycles. The molecule has 0 spiro atoms. The molecule has 3 rings (SSSR count). The molecule has 0 amide bonds. The molecule has 5 heteroatoms. The molecule has 0 saturated heterocycles. The van der Waals surface area contributed by atoms with Crippen LogP contribution in [0, 0.1) is 0 Å². The minimum absolute atomic E-state index is 0.145. The van der Waals surface area contributed by atoms with Gasteiger partial charge in [-0.3, -0.25) is 9.59 Å². The van der Waals surface area contributed by atoms with Crippen molar-refractivity contribution in [3.05, 3.63) is 78.4 Å². The Kier molecular flexibility index (Phi) is 5.75. The second kappa shape index (κ2) is 8.05. The van der Waals surface area contributed by atoms with Crippen molar-refractivity contribution in [2.45, 2.75) is 5.79 Å². The van der Waals surface area contributed by atoms with E-state index < -0.39 is 5.79 Å². The summed E-state index contributed by atoms with van der Waals surface area (Å²) in [5, 5.41) is 1.73. The molecule has 1 unspecified atom stereocenters. The molecule has 1 aliphatic carbocycles. The maximum atomic E-state index is 13.3. The first-order valence-corrected chi connectivity index (χ1v) is 9.64. The van der Waals surface area contributed by atoms with E-state index in [4.69, 9.17) is 9.47 Å². The van der Waals surface area contributed by atoms with Gasteiger partial charge in [0.15, 0.2) is 0 Å². The van der Waals surface area contributed by atoms with Crippen LogP contribution >= 0.6 is 11.8 Å². The number of fused-ring (bicyclic) bond motifs is 2. The number of rotatable bonds is 6. The van der Waals surface area contributed by atoms with Gasteiger partial charge in [0, 0.05) is 18.2 Å². The Morgan fingerprint density at radius 1 is 1.22 bits per heavy atom. The lowest BCUT2D eigenvalue weighted by atomic mass is 9.84. The highest BCUT2D eigenvalue weighted by molar-refractivity contribution is 8.14. The molecule has 4 nitrogen and oxygen atoms in total. The van der Waals surface area contributed by atoms with Crippen molar-refractivity contribution in [3.8, 4) is 0 Å². The van der Waals surface area contributed by atoms with Gasteiger partial charge >= 0.3 is 0 Å². The average Bonchev–Trinajstić information content (AvgIpc) is 2.71. The number of benzene rings is 2. The molecule has 0 N–H and O–H groups in total. The van der Waals surface area contributed by atoms with Gasteiger partial charge in [-0.25, -0.2) is 0 Å². The first kappa shape index (κ1) is 19.3. The number of methoxy groups -OCH3 is 1. The quantitative estimate of drug-likeness (QED) is 0.549. The van der Waals surface area contributed by atoms with Crippen LogP contribution in [0.2, 0.25) is 0 Å². The van der Waals surface area contributed by atoms with Crippen LogP contribution < -0.4 is 0 Å². The summed E-state index contributed by atoms with van der Waals surface area (Å²) in [7, 11) is 1.40. The Bertz CT molecular complexity index is 973. The Hall–Kier alpha value is -2.47. The summed E-state index contributed by atoms with van der Waals surface area (Å²) in [6.07, 6.45) is 8.26. The van der Waals surface area contributed by atoms with Gasteiger partial charge in [0.05, 0.1) is 6.61 Å². The molecule has 0 aliphatic heterocycles. The van der Waals surface area contributed by atoms with Crippen molar-refractivity contribution in [1.29, 1.82) is 0 Å². The average molecular weight is 380 g/mol. The summed E-state index contributed by atoms with van der Waals surface area (Å²) >= 11 is 1.09. The van der Waals surface area contributed by atoms with Gasteiger partial charge in [-0.05, 0) is 40.8 Å². The van der Waals surface area contributed by atoms with Crippen LogP contribution in [0.1, 0.15) is 15.9 Å². The van der Waals surface area contributed by atoms with Crippen LogP contribution in [0.15, 0.2) is 67.3 Å². The first-order chi connectivity index (χ1) is 13.1. The van der Waals surface area contributed by atoms with Gasteiger partial charge in [-0.1, -0.05) is 60.8 Å². The van der Waals surface area contributed by atoms with Crippen molar-refractivity contribution in [2.75, 3.05) is 20.0 Å². The third-order valence-electron chi connectivity index (χ3n) is 4.45. The van der Waals surface area contributed by atoms with Gasteiger partial charge in [-0.15, -0.1) is 0 Å². The van der Waals surface area contributed by atoms with Crippen molar-refractivity contribution >= 4 is 39.0 Å². The van der Waals surface area contributed by atoms with E-state index >= 15 is 0 Å². The second-order valence-electron chi connectivity index (χ2n) is 5.97.